The molecule has 0 amide bonds. The summed E-state index contributed by atoms with van der Waals surface area (Å²) in [6.45, 7) is 6.12. The summed E-state index contributed by atoms with van der Waals surface area (Å²) in [4.78, 5) is 0. The van der Waals surface area contributed by atoms with E-state index in [0.717, 1.165) is 12.8 Å². The second-order valence-electron chi connectivity index (χ2n) is 2.81. The minimum absolute atomic E-state index is 0.956. The van der Waals surface area contributed by atoms with Gasteiger partial charge in [-0.2, -0.15) is 0 Å². The van der Waals surface area contributed by atoms with Gasteiger partial charge in [-0.3, -0.25) is 0 Å². The van der Waals surface area contributed by atoms with Gasteiger partial charge in [0.25, 0.3) is 0 Å². The van der Waals surface area contributed by atoms with E-state index in [1.54, 1.807) is 6.61 Å². The molecule has 0 aromatic rings. The Bertz CT molecular complexity index is 130. The molecule has 1 nitrogen and oxygen atoms in total. The summed E-state index contributed by atoms with van der Waals surface area (Å²) in [5.74, 6) is 2.96. The lowest BCUT2D eigenvalue weighted by molar-refractivity contribution is 0.347. The molecule has 0 bridgehead atoms. The lowest BCUT2D eigenvalue weighted by Crippen LogP contribution is -1.79. The van der Waals surface area contributed by atoms with Crippen molar-refractivity contribution in [3.63, 3.8) is 0 Å². The zero-order valence-corrected chi connectivity index (χ0v) is 8.23. The lowest BCUT2D eigenvalue weighted by atomic mass is 10.3. The fraction of sp³-hybridized carbons (Fsp3) is 0.727. The Labute approximate surface area is 76.5 Å². The second-order valence-corrected chi connectivity index (χ2v) is 2.81. The first-order chi connectivity index (χ1) is 5.91. The monoisotopic (exact) mass is 167 g/mol. The fourth-order valence-electron chi connectivity index (χ4n) is 0.746. The predicted octanol–water partition coefficient (Wildman–Crippen LogP) is 3.51. The molecule has 69 valence electrons. The maximum atomic E-state index is 5.00. The molecule has 0 heterocycles. The van der Waals surface area contributed by atoms with Crippen LogP contribution in [0.3, 0.4) is 0 Å². The molecule has 1 radical (unpaired) electrons. The van der Waals surface area contributed by atoms with Crippen LogP contribution in [0, 0.1) is 18.6 Å². The second kappa shape index (κ2) is 10.4. The normalized spacial score (nSPS) is 8.83. The largest absolute Gasteiger partial charge is 0.439 e. The lowest BCUT2D eigenvalue weighted by Gasteiger charge is -1.93. The Kier molecular flexibility index (Phi) is 9.81. The first-order valence-electron chi connectivity index (χ1n) is 4.87. The summed E-state index contributed by atoms with van der Waals surface area (Å²) in [6, 6.07) is 0. The molecule has 0 aromatic carbocycles. The van der Waals surface area contributed by atoms with Crippen LogP contribution in [0.5, 0.6) is 0 Å². The summed E-state index contributed by atoms with van der Waals surface area (Å²) in [5, 5.41) is 0. The molecule has 0 aromatic heterocycles. The topological polar surface area (TPSA) is 9.23 Å². The highest BCUT2D eigenvalue weighted by Gasteiger charge is 1.84. The molecule has 12 heavy (non-hydrogen) atoms. The molecule has 0 aliphatic carbocycles. The van der Waals surface area contributed by atoms with E-state index in [1.807, 2.05) is 0 Å². The number of ether oxygens (including phenoxy) is 1. The van der Waals surface area contributed by atoms with Crippen LogP contribution in [0.15, 0.2) is 0 Å². The van der Waals surface area contributed by atoms with Crippen molar-refractivity contribution < 1.29 is 4.74 Å². The minimum atomic E-state index is 0.956. The van der Waals surface area contributed by atoms with Gasteiger partial charge in [-0.05, 0) is 19.3 Å². The molecule has 1 heteroatoms. The van der Waals surface area contributed by atoms with Crippen LogP contribution in [0.1, 0.15) is 52.4 Å². The van der Waals surface area contributed by atoms with Gasteiger partial charge < -0.3 is 4.74 Å². The maximum Gasteiger partial charge on any atom is 0.148 e. The SMILES string of the molecule is CCCCC#CO[CH]CCCC. The van der Waals surface area contributed by atoms with Crippen LogP contribution < -0.4 is 0 Å². The Morgan fingerprint density at radius 3 is 2.58 bits per heavy atom. The van der Waals surface area contributed by atoms with Crippen LogP contribution in [-0.4, -0.2) is 0 Å². The zero-order valence-electron chi connectivity index (χ0n) is 8.23. The molecule has 0 N–H and O–H groups in total. The molecule has 0 atom stereocenters. The Morgan fingerprint density at radius 2 is 1.92 bits per heavy atom. The summed E-state index contributed by atoms with van der Waals surface area (Å²) >= 11 is 0. The van der Waals surface area contributed by atoms with Gasteiger partial charge in [-0.1, -0.05) is 32.6 Å². The van der Waals surface area contributed by atoms with Crippen molar-refractivity contribution in [3.05, 3.63) is 6.61 Å². The van der Waals surface area contributed by atoms with Gasteiger partial charge in [0.05, 0.1) is 0 Å². The van der Waals surface area contributed by atoms with Gasteiger partial charge in [0.15, 0.2) is 0 Å². The number of unbranched alkanes of at least 4 members (excludes halogenated alkanes) is 4. The molecule has 0 saturated heterocycles. The van der Waals surface area contributed by atoms with Gasteiger partial charge in [-0.15, -0.1) is 0 Å². The van der Waals surface area contributed by atoms with Crippen molar-refractivity contribution in [2.75, 3.05) is 0 Å². The minimum Gasteiger partial charge on any atom is -0.439 e. The van der Waals surface area contributed by atoms with Gasteiger partial charge >= 0.3 is 0 Å². The quantitative estimate of drug-likeness (QED) is 0.434. The Hall–Kier alpha value is -0.640. The van der Waals surface area contributed by atoms with Crippen molar-refractivity contribution >= 4 is 0 Å². The van der Waals surface area contributed by atoms with E-state index in [1.165, 1.54) is 25.7 Å². The van der Waals surface area contributed by atoms with Crippen molar-refractivity contribution in [2.24, 2.45) is 0 Å². The van der Waals surface area contributed by atoms with Crippen molar-refractivity contribution in [1.82, 2.24) is 0 Å². The summed E-state index contributed by atoms with van der Waals surface area (Å²) in [5.41, 5.74) is 0. The summed E-state index contributed by atoms with van der Waals surface area (Å²) in [7, 11) is 0. The van der Waals surface area contributed by atoms with E-state index < -0.39 is 0 Å². The van der Waals surface area contributed by atoms with Crippen LogP contribution in [0.4, 0.5) is 0 Å². The molecular weight excluding hydrogens is 148 g/mol. The average molecular weight is 167 g/mol. The van der Waals surface area contributed by atoms with E-state index in [4.69, 9.17) is 4.74 Å². The van der Waals surface area contributed by atoms with Crippen LogP contribution >= 0.6 is 0 Å². The molecule has 0 rings (SSSR count). The molecular formula is C11H19O. The highest BCUT2D eigenvalue weighted by molar-refractivity contribution is 4.91. The number of rotatable bonds is 6. The molecule has 0 saturated carbocycles. The third-order valence-corrected chi connectivity index (χ3v) is 1.55. The molecule has 0 spiro atoms. The van der Waals surface area contributed by atoms with Gasteiger partial charge in [0, 0.05) is 6.42 Å². The smallest absolute Gasteiger partial charge is 0.148 e. The maximum absolute atomic E-state index is 5.00. The Morgan fingerprint density at radius 1 is 1.17 bits per heavy atom. The fourth-order valence-corrected chi connectivity index (χ4v) is 0.746. The molecule has 0 unspecified atom stereocenters. The standard InChI is InChI=1S/C11H19O/c1-3-5-7-9-11-12-10-8-6-4-2/h10H,3-8H2,1-2H3. The highest BCUT2D eigenvalue weighted by Crippen LogP contribution is 1.97. The third-order valence-electron chi connectivity index (χ3n) is 1.55. The molecule has 0 aliphatic heterocycles. The van der Waals surface area contributed by atoms with E-state index in [0.29, 0.717) is 0 Å². The highest BCUT2D eigenvalue weighted by atomic mass is 16.5. The zero-order chi connectivity index (χ0) is 9.07. The molecule has 0 aliphatic rings. The molecule has 0 fully saturated rings. The van der Waals surface area contributed by atoms with Gasteiger partial charge in [-0.25, -0.2) is 0 Å². The predicted molar refractivity (Wildman–Crippen MR) is 52.2 cm³/mol. The first kappa shape index (κ1) is 11.4. The van der Waals surface area contributed by atoms with Crippen LogP contribution in [-0.2, 0) is 4.74 Å². The Balaban J connectivity index is 2.99. The number of hydrogen-bond donors (Lipinski definition) is 0. The average Bonchev–Trinajstić information content (AvgIpc) is 2.10. The number of hydrogen-bond acceptors (Lipinski definition) is 1. The first-order valence-corrected chi connectivity index (χ1v) is 4.87. The van der Waals surface area contributed by atoms with Crippen molar-refractivity contribution in [2.45, 2.75) is 52.4 Å². The van der Waals surface area contributed by atoms with E-state index in [9.17, 15) is 0 Å². The van der Waals surface area contributed by atoms with Gasteiger partial charge in [0.1, 0.15) is 12.7 Å². The van der Waals surface area contributed by atoms with Gasteiger partial charge in [0.2, 0.25) is 0 Å². The van der Waals surface area contributed by atoms with Crippen LogP contribution in [0.2, 0.25) is 0 Å². The third kappa shape index (κ3) is 9.36. The summed E-state index contributed by atoms with van der Waals surface area (Å²) < 4.78 is 5.00. The van der Waals surface area contributed by atoms with Crippen molar-refractivity contribution in [3.8, 4) is 12.0 Å². The van der Waals surface area contributed by atoms with E-state index in [2.05, 4.69) is 25.9 Å². The van der Waals surface area contributed by atoms with E-state index >= 15 is 0 Å². The van der Waals surface area contributed by atoms with Crippen LogP contribution in [0.25, 0.3) is 0 Å². The van der Waals surface area contributed by atoms with Crippen molar-refractivity contribution in [1.29, 1.82) is 0 Å². The van der Waals surface area contributed by atoms with E-state index in [-0.39, 0.29) is 0 Å². The summed E-state index contributed by atoms with van der Waals surface area (Å²) in [6.07, 6.45) is 9.42.